The molecule has 0 radical (unpaired) electrons. The lowest BCUT2D eigenvalue weighted by atomic mass is 9.45. The van der Waals surface area contributed by atoms with Crippen molar-refractivity contribution >= 4 is 5.97 Å². The zero-order valence-corrected chi connectivity index (χ0v) is 44.3. The predicted molar refractivity (Wildman–Crippen MR) is 255 cm³/mol. The van der Waals surface area contributed by atoms with E-state index in [1.807, 2.05) is 20.8 Å². The molecule has 4 aliphatic carbocycles. The number of ether oxygens (including phenoxy) is 11. The fourth-order valence-corrected chi connectivity index (χ4v) is 15.7. The molecule has 6 aliphatic heterocycles. The maximum atomic E-state index is 12.8. The molecule has 1 spiro atoms. The van der Waals surface area contributed by atoms with Crippen molar-refractivity contribution in [1.82, 2.24) is 0 Å². The molecule has 0 aromatic rings. The molecular weight excluding hydrogens is 1020 g/mol. The Labute approximate surface area is 445 Å². The highest BCUT2D eigenvalue weighted by Crippen LogP contribution is 2.71. The molecule has 0 unspecified atom stereocenters. The van der Waals surface area contributed by atoms with Gasteiger partial charge < -0.3 is 118 Å². The van der Waals surface area contributed by atoms with Crippen LogP contribution in [0, 0.1) is 46.3 Å². The Bertz CT molecular complexity index is 2120. The van der Waals surface area contributed by atoms with Crippen LogP contribution in [0.5, 0.6) is 0 Å². The Morgan fingerprint density at radius 2 is 1.31 bits per heavy atom. The van der Waals surface area contributed by atoms with Gasteiger partial charge in [-0.2, -0.15) is 0 Å². The number of hydrogen-bond acceptors (Lipinski definition) is 25. The Kier molecular flexibility index (Phi) is 16.6. The molecule has 6 heterocycles. The van der Waals surface area contributed by atoms with Gasteiger partial charge in [0.1, 0.15) is 79.4 Å². The van der Waals surface area contributed by atoms with Crippen molar-refractivity contribution in [3.63, 3.8) is 0 Å². The summed E-state index contributed by atoms with van der Waals surface area (Å²) in [5.41, 5.74) is -0.852. The monoisotopic (exact) mass is 1110 g/mol. The van der Waals surface area contributed by atoms with E-state index in [1.165, 1.54) is 6.92 Å². The molecule has 10 rings (SSSR count). The van der Waals surface area contributed by atoms with Gasteiger partial charge in [-0.3, -0.25) is 4.79 Å². The molecule has 6 saturated heterocycles. The van der Waals surface area contributed by atoms with Gasteiger partial charge in [-0.05, 0) is 57.3 Å². The lowest BCUT2D eigenvalue weighted by Crippen LogP contribution is -2.67. The molecule has 34 atom stereocenters. The molecule has 0 amide bonds. The van der Waals surface area contributed by atoms with Crippen LogP contribution in [-0.4, -0.2) is 251 Å². The molecule has 10 aliphatic rings. The largest absolute Gasteiger partial charge is 0.457 e. The second-order valence-corrected chi connectivity index (χ2v) is 24.3. The van der Waals surface area contributed by atoms with Crippen LogP contribution in [-0.2, 0) is 56.9 Å². The molecule has 0 bridgehead atoms. The zero-order chi connectivity index (χ0) is 55.7. The summed E-state index contributed by atoms with van der Waals surface area (Å²) in [6.45, 7) is 10.8. The first-order valence-electron chi connectivity index (χ1n) is 27.4. The van der Waals surface area contributed by atoms with Crippen molar-refractivity contribution in [2.45, 2.75) is 240 Å². The van der Waals surface area contributed by atoms with Crippen molar-refractivity contribution in [3.05, 3.63) is 11.6 Å². The number of hydrogen-bond donors (Lipinski definition) is 13. The van der Waals surface area contributed by atoms with Gasteiger partial charge in [-0.1, -0.05) is 39.3 Å². The van der Waals surface area contributed by atoms with Gasteiger partial charge >= 0.3 is 5.97 Å². The van der Waals surface area contributed by atoms with Crippen molar-refractivity contribution in [2.24, 2.45) is 46.3 Å². The number of carbonyl (C=O) groups excluding carboxylic acids is 1. The van der Waals surface area contributed by atoms with Crippen LogP contribution in [0.1, 0.15) is 80.6 Å². The van der Waals surface area contributed by atoms with Crippen LogP contribution in [0.25, 0.3) is 0 Å². The van der Waals surface area contributed by atoms with E-state index < -0.39 is 201 Å². The van der Waals surface area contributed by atoms with Gasteiger partial charge in [-0.25, -0.2) is 0 Å². The Morgan fingerprint density at radius 3 is 2.00 bits per heavy atom. The smallest absolute Gasteiger partial charge is 0.303 e. The predicted octanol–water partition coefficient (Wildman–Crippen LogP) is -3.84. The van der Waals surface area contributed by atoms with E-state index in [0.717, 1.165) is 12.5 Å². The van der Waals surface area contributed by atoms with Gasteiger partial charge in [0.25, 0.3) is 0 Å². The third kappa shape index (κ3) is 9.58. The number of allylic oxidation sites excluding steroid dienone is 1. The molecule has 0 aromatic carbocycles. The minimum atomic E-state index is -1.89. The fourth-order valence-electron chi connectivity index (χ4n) is 15.7. The molecule has 0 aromatic heterocycles. The topological polar surface area (TPSA) is 382 Å². The normalized spacial score (nSPS) is 57.6. The maximum Gasteiger partial charge on any atom is 0.303 e. The molecule has 440 valence electrons. The molecule has 77 heavy (non-hydrogen) atoms. The van der Waals surface area contributed by atoms with Crippen LogP contribution < -0.4 is 0 Å². The number of rotatable bonds is 10. The van der Waals surface area contributed by atoms with Gasteiger partial charge in [-0.15, -0.1) is 0 Å². The van der Waals surface area contributed by atoms with Crippen LogP contribution >= 0.6 is 0 Å². The SMILES string of the molecule is CC(=O)O[C@@H]1[C@H](O)[C@@H](O)[C@H](O[C@H]2[C@H](O[C@@H]3C[C@H](O)CC4=CC[C@H]5[C@H](C[C@@H](O)[C@]6(C)[C@@H]7[C@H](C[C@@H]56)O[C@@]5(OC[C@@H](C)[C@H](O[C@@H]6O[C@H](C)[C@H](O)[C@@H](O)[C@H]6O)[C@@H]5O)[C@H]7C)[C@]43C)O[C@H](CO)[C@@H](O)[C@@H]2O[C@@H]2OC[C@@H](O)[C@H](O)[C@H]2O)O[C@H]1C. The molecule has 13 N–H and O–H groups in total. The highest BCUT2D eigenvalue weighted by atomic mass is 16.8. The standard InChI is InChI=1S/C52H82O25/c1-17-15-68-52(45(66)41(17)74-47-39(64)36(61)33(58)19(3)69-47)18(2)32-28(77-52)12-25-24-9-8-22-10-23(55)11-31(50(22,6)26(24)13-30(57)51(25,32)7)73-49-44(76-48-40(65)37(62)42(20(4)70-48)71-21(5)54)43(35(60)29(14-53)72-49)75-46-38(63)34(59)27(56)16-67-46/h8,17-20,23-49,53,55-66H,9-16H2,1-7H3/t17-,18+,19-,20+,23-,24-,25+,26+,27-,28+,29-,30-,31-,32+,33+,34+,35-,36-,37-,38-,39-,40-,41+,42+,43+,44-,45+,46+,47+,48+,49+,50+,51-,52+/m1/s1. The third-order valence-corrected chi connectivity index (χ3v) is 20.0. The van der Waals surface area contributed by atoms with Gasteiger partial charge in [0.2, 0.25) is 0 Å². The van der Waals surface area contributed by atoms with Gasteiger partial charge in [0.05, 0.1) is 62.5 Å². The Balaban J connectivity index is 0.929. The third-order valence-electron chi connectivity index (χ3n) is 20.0. The summed E-state index contributed by atoms with van der Waals surface area (Å²) in [4.78, 5) is 11.9. The highest BCUT2D eigenvalue weighted by Gasteiger charge is 2.74. The minimum absolute atomic E-state index is 0.0304. The quantitative estimate of drug-likeness (QED) is 0.0736. The average molecular weight is 1110 g/mol. The summed E-state index contributed by atoms with van der Waals surface area (Å²) in [5, 5.41) is 145. The number of esters is 1. The number of fused-ring (bicyclic) bond motifs is 7. The summed E-state index contributed by atoms with van der Waals surface area (Å²) >= 11 is 0. The second-order valence-electron chi connectivity index (χ2n) is 24.3. The van der Waals surface area contributed by atoms with Crippen molar-refractivity contribution in [2.75, 3.05) is 19.8 Å². The molecule has 25 nitrogen and oxygen atoms in total. The lowest BCUT2D eigenvalue weighted by molar-refractivity contribution is -0.393. The van der Waals surface area contributed by atoms with Gasteiger partial charge in [0.15, 0.2) is 37.1 Å². The van der Waals surface area contributed by atoms with Crippen molar-refractivity contribution in [1.29, 1.82) is 0 Å². The summed E-state index contributed by atoms with van der Waals surface area (Å²) in [7, 11) is 0. The lowest BCUT2D eigenvalue weighted by Gasteiger charge is -2.62. The van der Waals surface area contributed by atoms with Crippen LogP contribution in [0.3, 0.4) is 0 Å². The summed E-state index contributed by atoms with van der Waals surface area (Å²) < 4.78 is 68.2. The average Bonchev–Trinajstić information content (AvgIpc) is 3.85. The van der Waals surface area contributed by atoms with Crippen LogP contribution in [0.4, 0.5) is 0 Å². The van der Waals surface area contributed by atoms with Crippen molar-refractivity contribution < 1.29 is 123 Å². The molecular formula is C52H82O25. The Morgan fingerprint density at radius 1 is 0.662 bits per heavy atom. The van der Waals surface area contributed by atoms with E-state index >= 15 is 0 Å². The first kappa shape index (κ1) is 58.5. The van der Waals surface area contributed by atoms with Crippen molar-refractivity contribution in [3.8, 4) is 0 Å². The number of aliphatic hydroxyl groups is 13. The van der Waals surface area contributed by atoms with E-state index in [-0.39, 0.29) is 49.5 Å². The first-order valence-corrected chi connectivity index (χ1v) is 27.4. The van der Waals surface area contributed by atoms with E-state index in [1.54, 1.807) is 6.92 Å². The molecule has 9 fully saturated rings. The Hall–Kier alpha value is -1.71. The minimum Gasteiger partial charge on any atom is -0.457 e. The highest BCUT2D eigenvalue weighted by molar-refractivity contribution is 5.66. The molecule has 25 heteroatoms. The number of aliphatic hydroxyl groups excluding tert-OH is 13. The first-order chi connectivity index (χ1) is 36.3. The fraction of sp³-hybridized carbons (Fsp3) is 0.942. The van der Waals surface area contributed by atoms with Crippen LogP contribution in [0.2, 0.25) is 0 Å². The van der Waals surface area contributed by atoms with E-state index in [9.17, 15) is 71.2 Å². The molecule has 3 saturated carbocycles. The summed E-state index contributed by atoms with van der Waals surface area (Å²) in [5.74, 6) is -4.11. The summed E-state index contributed by atoms with van der Waals surface area (Å²) in [6.07, 6.45) is -31.5. The summed E-state index contributed by atoms with van der Waals surface area (Å²) in [6, 6.07) is 0. The number of carbonyl (C=O) groups is 1. The van der Waals surface area contributed by atoms with E-state index in [2.05, 4.69) is 13.0 Å². The van der Waals surface area contributed by atoms with E-state index in [4.69, 9.17) is 52.1 Å². The zero-order valence-electron chi connectivity index (χ0n) is 44.3. The van der Waals surface area contributed by atoms with Crippen LogP contribution in [0.15, 0.2) is 11.6 Å². The van der Waals surface area contributed by atoms with E-state index in [0.29, 0.717) is 12.8 Å². The second kappa shape index (κ2) is 21.8. The van der Waals surface area contributed by atoms with Gasteiger partial charge in [0, 0.05) is 41.9 Å². The maximum absolute atomic E-state index is 12.8.